The summed E-state index contributed by atoms with van der Waals surface area (Å²) in [6, 6.07) is 4.85. The normalized spacial score (nSPS) is 25.8. The van der Waals surface area contributed by atoms with E-state index < -0.39 is 0 Å². The van der Waals surface area contributed by atoms with Gasteiger partial charge in [-0.15, -0.1) is 0 Å². The van der Waals surface area contributed by atoms with Crippen molar-refractivity contribution in [2.45, 2.75) is 12.5 Å². The minimum Gasteiger partial charge on any atom is -0.392 e. The Kier molecular flexibility index (Phi) is 3.54. The molecule has 1 aromatic carbocycles. The van der Waals surface area contributed by atoms with Gasteiger partial charge < -0.3 is 5.11 Å². The zero-order valence-electron chi connectivity index (χ0n) is 8.12. The lowest BCUT2D eigenvalue weighted by Gasteiger charge is -2.13. The van der Waals surface area contributed by atoms with Gasteiger partial charge in [0.05, 0.1) is 11.1 Å². The van der Waals surface area contributed by atoms with E-state index in [9.17, 15) is 9.50 Å². The fraction of sp³-hybridized carbons (Fsp3) is 0.455. The summed E-state index contributed by atoms with van der Waals surface area (Å²) in [6.45, 7) is 0. The maximum atomic E-state index is 13.2. The van der Waals surface area contributed by atoms with Crippen LogP contribution in [0.4, 0.5) is 4.39 Å². The highest BCUT2D eigenvalue weighted by atomic mass is 35.5. The van der Waals surface area contributed by atoms with E-state index >= 15 is 0 Å². The number of hydrogen-bond acceptors (Lipinski definition) is 2. The number of halogens is 2. The summed E-state index contributed by atoms with van der Waals surface area (Å²) >= 11 is 7.34. The van der Waals surface area contributed by atoms with Crippen molar-refractivity contribution in [2.24, 2.45) is 5.92 Å². The van der Waals surface area contributed by atoms with Crippen LogP contribution in [0.5, 0.6) is 0 Å². The van der Waals surface area contributed by atoms with Gasteiger partial charge in [-0.2, -0.15) is 11.8 Å². The highest BCUT2D eigenvalue weighted by molar-refractivity contribution is 7.99. The van der Waals surface area contributed by atoms with Crippen molar-refractivity contribution in [3.05, 3.63) is 34.6 Å². The molecule has 0 saturated carbocycles. The van der Waals surface area contributed by atoms with Gasteiger partial charge in [-0.1, -0.05) is 17.7 Å². The summed E-state index contributed by atoms with van der Waals surface area (Å²) < 4.78 is 13.2. The molecule has 1 heterocycles. The van der Waals surface area contributed by atoms with Crippen molar-refractivity contribution >= 4 is 23.4 Å². The molecule has 1 fully saturated rings. The van der Waals surface area contributed by atoms with Crippen LogP contribution in [0.15, 0.2) is 18.2 Å². The average Bonchev–Trinajstić information content (AvgIpc) is 2.59. The number of benzene rings is 1. The van der Waals surface area contributed by atoms with E-state index in [0.29, 0.717) is 0 Å². The van der Waals surface area contributed by atoms with Gasteiger partial charge in [0.25, 0.3) is 0 Å². The first-order valence-corrected chi connectivity index (χ1v) is 6.40. The Hall–Kier alpha value is -0.250. The molecule has 1 saturated heterocycles. The molecular formula is C11H12ClFOS. The second kappa shape index (κ2) is 4.73. The maximum absolute atomic E-state index is 13.2. The summed E-state index contributed by atoms with van der Waals surface area (Å²) in [4.78, 5) is 0. The van der Waals surface area contributed by atoms with Crippen molar-refractivity contribution in [2.75, 3.05) is 11.5 Å². The van der Waals surface area contributed by atoms with Gasteiger partial charge >= 0.3 is 0 Å². The smallest absolute Gasteiger partial charge is 0.142 e. The van der Waals surface area contributed by atoms with Crippen LogP contribution in [0.3, 0.4) is 0 Å². The summed E-state index contributed by atoms with van der Waals surface area (Å²) in [6.07, 6.45) is 0.469. The topological polar surface area (TPSA) is 20.2 Å². The molecule has 0 spiro atoms. The molecular weight excluding hydrogens is 235 g/mol. The van der Waals surface area contributed by atoms with Crippen LogP contribution in [-0.2, 0) is 6.42 Å². The molecule has 1 N–H and O–H groups in total. The fourth-order valence-electron chi connectivity index (χ4n) is 1.75. The Morgan fingerprint density at radius 3 is 2.87 bits per heavy atom. The Bertz CT molecular complexity index is 358. The molecule has 4 heteroatoms. The van der Waals surface area contributed by atoms with E-state index in [4.69, 9.17) is 11.6 Å². The number of rotatable bonds is 2. The lowest BCUT2D eigenvalue weighted by molar-refractivity contribution is 0.150. The van der Waals surface area contributed by atoms with E-state index in [-0.39, 0.29) is 22.9 Å². The van der Waals surface area contributed by atoms with Gasteiger partial charge in [0.2, 0.25) is 0 Å². The SMILES string of the molecule is OC1CSCC1Cc1ccc(Cl)c(F)c1. The van der Waals surface area contributed by atoms with Crippen LogP contribution in [0, 0.1) is 11.7 Å². The maximum Gasteiger partial charge on any atom is 0.142 e. The Labute approximate surface area is 97.6 Å². The van der Waals surface area contributed by atoms with Crippen LogP contribution in [0.1, 0.15) is 5.56 Å². The first kappa shape index (κ1) is 11.2. The largest absolute Gasteiger partial charge is 0.392 e. The molecule has 0 bridgehead atoms. The number of hydrogen-bond donors (Lipinski definition) is 1. The zero-order chi connectivity index (χ0) is 10.8. The summed E-state index contributed by atoms with van der Waals surface area (Å²) in [7, 11) is 0. The highest BCUT2D eigenvalue weighted by Crippen LogP contribution is 2.28. The average molecular weight is 247 g/mol. The van der Waals surface area contributed by atoms with Crippen LogP contribution in [-0.4, -0.2) is 22.7 Å². The van der Waals surface area contributed by atoms with Crippen LogP contribution >= 0.6 is 23.4 Å². The Morgan fingerprint density at radius 2 is 2.27 bits per heavy atom. The lowest BCUT2D eigenvalue weighted by Crippen LogP contribution is -2.19. The van der Waals surface area contributed by atoms with Gasteiger partial charge in [-0.05, 0) is 35.8 Å². The van der Waals surface area contributed by atoms with Crippen molar-refractivity contribution in [1.82, 2.24) is 0 Å². The standard InChI is InChI=1S/C11H12ClFOS/c12-9-2-1-7(4-10(9)13)3-8-5-15-6-11(8)14/h1-2,4,8,11,14H,3,5-6H2. The third kappa shape index (κ3) is 2.65. The molecule has 2 unspecified atom stereocenters. The van der Waals surface area contributed by atoms with E-state index in [1.165, 1.54) is 6.07 Å². The van der Waals surface area contributed by atoms with Gasteiger partial charge in [-0.25, -0.2) is 4.39 Å². The molecule has 1 nitrogen and oxygen atoms in total. The molecule has 2 atom stereocenters. The zero-order valence-corrected chi connectivity index (χ0v) is 9.69. The summed E-state index contributed by atoms with van der Waals surface area (Å²) in [5.74, 6) is 1.61. The third-order valence-corrected chi connectivity index (χ3v) is 4.19. The van der Waals surface area contributed by atoms with E-state index in [1.54, 1.807) is 17.8 Å². The lowest BCUT2D eigenvalue weighted by atomic mass is 9.97. The molecule has 0 radical (unpaired) electrons. The molecule has 1 aliphatic heterocycles. The molecule has 2 rings (SSSR count). The van der Waals surface area contributed by atoms with E-state index in [2.05, 4.69) is 0 Å². The van der Waals surface area contributed by atoms with Gasteiger partial charge in [0.15, 0.2) is 0 Å². The van der Waals surface area contributed by atoms with Crippen LogP contribution in [0.2, 0.25) is 5.02 Å². The summed E-state index contributed by atoms with van der Waals surface area (Å²) in [5.41, 5.74) is 0.906. The Balaban J connectivity index is 2.07. The molecule has 15 heavy (non-hydrogen) atoms. The minimum atomic E-state index is -0.380. The van der Waals surface area contributed by atoms with Crippen molar-refractivity contribution in [1.29, 1.82) is 0 Å². The monoisotopic (exact) mass is 246 g/mol. The molecule has 0 amide bonds. The van der Waals surface area contributed by atoms with Gasteiger partial charge in [0.1, 0.15) is 5.82 Å². The van der Waals surface area contributed by atoms with Gasteiger partial charge in [-0.3, -0.25) is 0 Å². The predicted octanol–water partition coefficient (Wildman–Crippen LogP) is 2.75. The van der Waals surface area contributed by atoms with Gasteiger partial charge in [0, 0.05) is 5.75 Å². The first-order valence-electron chi connectivity index (χ1n) is 4.86. The van der Waals surface area contributed by atoms with E-state index in [0.717, 1.165) is 23.5 Å². The second-order valence-electron chi connectivity index (χ2n) is 3.82. The van der Waals surface area contributed by atoms with Crippen LogP contribution < -0.4 is 0 Å². The van der Waals surface area contributed by atoms with Crippen molar-refractivity contribution in [3.8, 4) is 0 Å². The first-order chi connectivity index (χ1) is 7.16. The summed E-state index contributed by atoms with van der Waals surface area (Å²) in [5, 5.41) is 9.79. The fourth-order valence-corrected chi connectivity index (χ4v) is 3.16. The molecule has 0 aromatic heterocycles. The predicted molar refractivity (Wildman–Crippen MR) is 61.9 cm³/mol. The van der Waals surface area contributed by atoms with Crippen molar-refractivity contribution in [3.63, 3.8) is 0 Å². The highest BCUT2D eigenvalue weighted by Gasteiger charge is 2.25. The van der Waals surface area contributed by atoms with E-state index in [1.807, 2.05) is 6.07 Å². The number of aliphatic hydroxyl groups excluding tert-OH is 1. The second-order valence-corrected chi connectivity index (χ2v) is 5.30. The number of thioether (sulfide) groups is 1. The quantitative estimate of drug-likeness (QED) is 0.866. The molecule has 82 valence electrons. The Morgan fingerprint density at radius 1 is 1.47 bits per heavy atom. The molecule has 0 aliphatic carbocycles. The van der Waals surface area contributed by atoms with Crippen molar-refractivity contribution < 1.29 is 9.50 Å². The molecule has 1 aromatic rings. The minimum absolute atomic E-state index is 0.153. The molecule has 1 aliphatic rings. The number of aliphatic hydroxyl groups is 1. The van der Waals surface area contributed by atoms with Crippen LogP contribution in [0.25, 0.3) is 0 Å². The third-order valence-electron chi connectivity index (χ3n) is 2.65.